The molecule has 676 valence electrons. The van der Waals surface area contributed by atoms with E-state index in [4.69, 9.17) is 50.3 Å². The second kappa shape index (κ2) is 49.4. The molecule has 8 rings (SSSR count). The van der Waals surface area contributed by atoms with Gasteiger partial charge >= 0.3 is 0 Å². The summed E-state index contributed by atoms with van der Waals surface area (Å²) in [7, 11) is 0. The molecule has 0 radical (unpaired) electrons. The van der Waals surface area contributed by atoms with E-state index in [-0.39, 0.29) is 179 Å². The molecule has 0 unspecified atom stereocenters. The van der Waals surface area contributed by atoms with Crippen molar-refractivity contribution < 1.29 is 67.1 Å². The number of carbonyl (C=O) groups excluding carboxylic acids is 14. The van der Waals surface area contributed by atoms with Gasteiger partial charge < -0.3 is 123 Å². The number of hydrogen-bond acceptors (Lipinski definition) is 19. The average molecular weight is 1730 g/mol. The molecule has 125 heavy (non-hydrogen) atoms. The summed E-state index contributed by atoms with van der Waals surface area (Å²) >= 11 is 0. The number of ketones is 1. The lowest BCUT2D eigenvalue weighted by Crippen LogP contribution is -2.60. The van der Waals surface area contributed by atoms with Crippen molar-refractivity contribution in [2.24, 2.45) is 34.6 Å². The van der Waals surface area contributed by atoms with Crippen molar-refractivity contribution in [1.82, 2.24) is 99.2 Å². The van der Waals surface area contributed by atoms with E-state index in [1.807, 2.05) is 0 Å². The highest BCUT2D eigenvalue weighted by Gasteiger charge is 2.46. The summed E-state index contributed by atoms with van der Waals surface area (Å²) in [5, 5.41) is 69.5. The number of rotatable bonds is 38. The van der Waals surface area contributed by atoms with Crippen molar-refractivity contribution in [2.45, 2.75) is 215 Å². The number of amides is 13. The van der Waals surface area contributed by atoms with Crippen molar-refractivity contribution in [3.63, 3.8) is 0 Å². The lowest BCUT2D eigenvalue weighted by molar-refractivity contribution is -0.148. The molecule has 42 nitrogen and oxygen atoms in total. The maximum Gasteiger partial charge on any atom is 0.246 e. The van der Waals surface area contributed by atoms with Gasteiger partial charge in [0.15, 0.2) is 29.6 Å². The predicted octanol–water partition coefficient (Wildman–Crippen LogP) is -3.28. The largest absolute Gasteiger partial charge is 0.370 e. The van der Waals surface area contributed by atoms with E-state index in [1.54, 1.807) is 91.1 Å². The second-order valence-corrected chi connectivity index (χ2v) is 31.5. The van der Waals surface area contributed by atoms with Crippen molar-refractivity contribution in [2.75, 3.05) is 45.8 Å². The standard InChI is InChI=1S/C83H120N28O14/c1-48(112)101-57(29-16-36-98-83(91)92)71(117)103-58(27-11-13-33-95-80(85)86)72(118)102-56(28-15-35-97-82(89)90)70(116)94-32-12-10-26-59-73(119)109-64(40-50-21-6-3-7-22-50)78(124)111-38-18-31-66(111)79(125)110-37-17-30-65(110)77(123)108-62(43-53-46-93-47-100-53)75(121)105-60(39-49-19-4-2-5-20-49)67(113)42-51(23-14-34-96-81(87)88)69(115)106-61(41-52-45-99-55-25-9-8-24-54(52)55)74(120)107-63(44-68(84)114)76(122)104-59/h2-9,19-22,24-25,45-47,51,56-66,99H,10-18,23,26-44H2,1H3,(H2,84,114)(H,93,100)(H,94,116)(H,101,112)(H,102,118)(H,103,117)(H,104,122)(H,105,121)(H,106,115)(H,107,120)(H,108,123)(H,109,119)(H4,85,86,95)(H4,87,88,96)(H4,89,90,97)(H4,91,92,98)/t51-,56+,57+,58+,59+,60-,61+,62+,63+,64+,65+,66-/m1/s1. The number of carbonyl (C=O) groups is 14. The molecule has 42 heteroatoms. The number of benzene rings is 3. The Morgan fingerprint density at radius 2 is 0.928 bits per heavy atom. The summed E-state index contributed by atoms with van der Waals surface area (Å²) in [5.74, 6) is -14.0. The van der Waals surface area contributed by atoms with E-state index in [9.17, 15) is 28.8 Å². The van der Waals surface area contributed by atoms with Gasteiger partial charge in [-0.05, 0) is 132 Å². The van der Waals surface area contributed by atoms with Gasteiger partial charge in [-0.15, -0.1) is 0 Å². The van der Waals surface area contributed by atoms with Crippen LogP contribution in [0.4, 0.5) is 0 Å². The SMILES string of the molecule is CC(=O)N[C@@H](CCCNC(=N)N)C(=O)N[C@@H](CCCCNC(=N)N)C(=O)N[C@@H](CCCNC(=N)N)C(=O)NCCCC[C@@H]1NC(=O)[C@H](CC(N)=O)NC(=O)[C@H](Cc2c[nH]c3ccccc23)NC(=O)[C@H](CCCNC(=N)N)CC(=O)[C@@H](Cc2ccccc2)NC(=O)[C@H](Cc2cnc[nH]2)NC(=O)[C@@H]2CCCN2C(=O)[C@H]2CCCN2C(=O)[C@H](Cc2ccccc2)NC1=O. The number of aromatic nitrogens is 3. The maximum absolute atomic E-state index is 15.6. The smallest absolute Gasteiger partial charge is 0.246 e. The topological polar surface area (TPSA) is 684 Å². The molecule has 5 aromatic rings. The zero-order chi connectivity index (χ0) is 90.5. The number of imidazole rings is 1. The van der Waals surface area contributed by atoms with Crippen molar-refractivity contribution in [3.8, 4) is 0 Å². The van der Waals surface area contributed by atoms with E-state index in [1.165, 1.54) is 29.2 Å². The molecular weight excluding hydrogens is 1610 g/mol. The molecule has 2 aromatic heterocycles. The zero-order valence-electron chi connectivity index (χ0n) is 70.2. The second-order valence-electron chi connectivity index (χ2n) is 31.5. The Bertz CT molecular complexity index is 4570. The monoisotopic (exact) mass is 1730 g/mol. The molecule has 0 bridgehead atoms. The van der Waals surface area contributed by atoms with Crippen LogP contribution in [0.5, 0.6) is 0 Å². The number of nitrogens with zero attached hydrogens (tertiary/aromatic N) is 3. The third-order valence-electron chi connectivity index (χ3n) is 21.8. The Hall–Kier alpha value is -13.7. The van der Waals surface area contributed by atoms with Gasteiger partial charge in [-0.25, -0.2) is 4.98 Å². The van der Waals surface area contributed by atoms with Crippen LogP contribution in [0.1, 0.15) is 145 Å². The van der Waals surface area contributed by atoms with Gasteiger partial charge in [-0.1, -0.05) is 78.9 Å². The molecule has 0 spiro atoms. The van der Waals surface area contributed by atoms with Crippen LogP contribution in [-0.2, 0) is 92.8 Å². The highest BCUT2D eigenvalue weighted by molar-refractivity contribution is 6.01. The number of primary amides is 1. The molecule has 3 aliphatic heterocycles. The van der Waals surface area contributed by atoms with E-state index >= 15 is 38.4 Å². The van der Waals surface area contributed by atoms with Crippen molar-refractivity contribution >= 4 is 117 Å². The summed E-state index contributed by atoms with van der Waals surface area (Å²) < 4.78 is 0. The Morgan fingerprint density at radius 3 is 1.52 bits per heavy atom. The number of nitrogens with one attached hydrogen (secondary N) is 20. The highest BCUT2D eigenvalue weighted by atomic mass is 16.2. The summed E-state index contributed by atoms with van der Waals surface area (Å²) in [6, 6.07) is 8.80. The number of para-hydroxylation sites is 1. The van der Waals surface area contributed by atoms with Crippen LogP contribution in [0.15, 0.2) is 104 Å². The Kier molecular flexibility index (Phi) is 38.2. The van der Waals surface area contributed by atoms with Gasteiger partial charge in [-0.3, -0.25) is 88.8 Å². The quantitative estimate of drug-likeness (QED) is 0.0105. The van der Waals surface area contributed by atoms with Crippen molar-refractivity contribution in [3.05, 3.63) is 126 Å². The number of Topliss-reactive ketones (excluding diaryl/α,β-unsaturated/α-hetero) is 1. The minimum atomic E-state index is -1.91. The minimum absolute atomic E-state index is 0.00587. The van der Waals surface area contributed by atoms with Crippen LogP contribution in [0.2, 0.25) is 0 Å². The Balaban J connectivity index is 1.15. The van der Waals surface area contributed by atoms with Gasteiger partial charge in [0.05, 0.1) is 18.8 Å². The average Bonchev–Trinajstić information content (AvgIpc) is 1.67. The Morgan fingerprint density at radius 1 is 0.456 bits per heavy atom. The van der Waals surface area contributed by atoms with Gasteiger partial charge in [-0.2, -0.15) is 0 Å². The van der Waals surface area contributed by atoms with Crippen molar-refractivity contribution in [1.29, 1.82) is 21.6 Å². The molecule has 0 aliphatic carbocycles. The molecule has 0 saturated carbocycles. The fourth-order valence-electron chi connectivity index (χ4n) is 15.5. The lowest BCUT2D eigenvalue weighted by Gasteiger charge is -2.34. The third-order valence-corrected chi connectivity index (χ3v) is 21.8. The fraction of sp³-hybridized carbons (Fsp3) is 0.506. The van der Waals surface area contributed by atoms with E-state index in [0.29, 0.717) is 52.5 Å². The maximum atomic E-state index is 15.6. The Labute approximate surface area is 723 Å². The molecule has 12 atom stereocenters. The highest BCUT2D eigenvalue weighted by Crippen LogP contribution is 2.28. The molecule has 5 heterocycles. The first-order chi connectivity index (χ1) is 59.9. The zero-order valence-corrected chi connectivity index (χ0v) is 70.2. The lowest BCUT2D eigenvalue weighted by atomic mass is 9.90. The number of unbranched alkanes of at least 4 members (excludes halogenated alkanes) is 2. The fourth-order valence-corrected chi connectivity index (χ4v) is 15.5. The van der Waals surface area contributed by atoms with Gasteiger partial charge in [0.25, 0.3) is 0 Å². The number of hydrogen-bond donors (Lipinski definition) is 25. The van der Waals surface area contributed by atoms with Gasteiger partial charge in [0.2, 0.25) is 76.8 Å². The summed E-state index contributed by atoms with van der Waals surface area (Å²) in [5.41, 5.74) is 30.8. The van der Waals surface area contributed by atoms with Crippen LogP contribution in [0, 0.1) is 27.6 Å². The molecule has 3 saturated heterocycles. The van der Waals surface area contributed by atoms with Gasteiger partial charge in [0, 0.05) is 113 Å². The first-order valence-electron chi connectivity index (χ1n) is 42.2. The van der Waals surface area contributed by atoms with Crippen LogP contribution in [0.3, 0.4) is 0 Å². The number of aromatic amines is 2. The van der Waals surface area contributed by atoms with Crippen LogP contribution >= 0.6 is 0 Å². The first-order valence-corrected chi connectivity index (χ1v) is 42.2. The summed E-state index contributed by atoms with van der Waals surface area (Å²) in [6.07, 6.45) is 4.08. The normalized spacial score (nSPS) is 20.8. The number of nitrogens with two attached hydrogens (primary N) is 5. The van der Waals surface area contributed by atoms with Crippen LogP contribution < -0.4 is 103 Å². The number of fused-ring (bicyclic) bond motifs is 3. The molecule has 30 N–H and O–H groups in total. The minimum Gasteiger partial charge on any atom is -0.370 e. The third kappa shape index (κ3) is 31.6. The summed E-state index contributed by atoms with van der Waals surface area (Å²) in [4.78, 5) is 220. The van der Waals surface area contributed by atoms with Crippen LogP contribution in [-0.4, -0.2) is 243 Å². The predicted molar refractivity (Wildman–Crippen MR) is 462 cm³/mol. The van der Waals surface area contributed by atoms with E-state index in [0.717, 1.165) is 0 Å². The molecule has 3 fully saturated rings. The van der Waals surface area contributed by atoms with E-state index < -0.39 is 168 Å². The molecular formula is C83H120N28O14. The summed E-state index contributed by atoms with van der Waals surface area (Å²) in [6.45, 7) is 1.72. The first kappa shape index (κ1) is 96.7. The molecule has 13 amide bonds. The van der Waals surface area contributed by atoms with E-state index in [2.05, 4.69) is 89.4 Å². The van der Waals surface area contributed by atoms with Crippen LogP contribution in [0.25, 0.3) is 10.9 Å². The number of H-pyrrole nitrogens is 2. The molecule has 3 aliphatic rings. The van der Waals surface area contributed by atoms with Gasteiger partial charge in [0.1, 0.15) is 60.4 Å². The number of guanidine groups is 4. The molecule has 3 aromatic carbocycles.